The van der Waals surface area contributed by atoms with Crippen molar-refractivity contribution < 1.29 is 14.3 Å². The van der Waals surface area contributed by atoms with Crippen LogP contribution in [0.15, 0.2) is 5.38 Å². The summed E-state index contributed by atoms with van der Waals surface area (Å²) in [5.74, 6) is -0.711. The van der Waals surface area contributed by atoms with Crippen molar-refractivity contribution in [2.45, 2.75) is 26.3 Å². The number of hydrogen-bond donors (Lipinski definition) is 1. The first kappa shape index (κ1) is 14.1. The van der Waals surface area contributed by atoms with E-state index in [4.69, 9.17) is 4.74 Å². The maximum absolute atomic E-state index is 11.7. The Balaban J connectivity index is 2.11. The van der Waals surface area contributed by atoms with Gasteiger partial charge in [0.15, 0.2) is 5.13 Å². The Kier molecular flexibility index (Phi) is 4.62. The third kappa shape index (κ3) is 3.17. The molecule has 0 radical (unpaired) electrons. The zero-order valence-electron chi connectivity index (χ0n) is 11.0. The summed E-state index contributed by atoms with van der Waals surface area (Å²) < 4.78 is 4.88. The van der Waals surface area contributed by atoms with Crippen LogP contribution in [0.1, 0.15) is 32.0 Å². The summed E-state index contributed by atoms with van der Waals surface area (Å²) in [6, 6.07) is 0.108. The van der Waals surface area contributed by atoms with Crippen LogP contribution in [0.3, 0.4) is 0 Å². The van der Waals surface area contributed by atoms with Gasteiger partial charge in [-0.25, -0.2) is 9.88 Å². The fourth-order valence-electron chi connectivity index (χ4n) is 1.75. The SMILES string of the molecule is CCCNC(C)c1csc(N2C(=O)COCC2=O)n1. The number of nitrogens with one attached hydrogen (secondary N) is 1. The molecule has 7 heteroatoms. The topological polar surface area (TPSA) is 71.5 Å². The average molecular weight is 283 g/mol. The Hall–Kier alpha value is -1.31. The number of carbonyl (C=O) groups excluding carboxylic acids is 2. The van der Waals surface area contributed by atoms with Gasteiger partial charge < -0.3 is 10.1 Å². The fourth-order valence-corrected chi connectivity index (χ4v) is 2.70. The zero-order chi connectivity index (χ0) is 13.8. The van der Waals surface area contributed by atoms with E-state index in [9.17, 15) is 9.59 Å². The van der Waals surface area contributed by atoms with Crippen molar-refractivity contribution in [3.05, 3.63) is 11.1 Å². The minimum atomic E-state index is -0.355. The molecule has 1 fully saturated rings. The second kappa shape index (κ2) is 6.23. The van der Waals surface area contributed by atoms with Gasteiger partial charge in [-0.1, -0.05) is 6.92 Å². The lowest BCUT2D eigenvalue weighted by molar-refractivity contribution is -0.138. The van der Waals surface area contributed by atoms with E-state index in [0.717, 1.165) is 23.6 Å². The number of imide groups is 1. The highest BCUT2D eigenvalue weighted by Gasteiger charge is 2.30. The van der Waals surface area contributed by atoms with E-state index in [1.165, 1.54) is 11.3 Å². The summed E-state index contributed by atoms with van der Waals surface area (Å²) in [5, 5.41) is 5.62. The molecule has 1 unspecified atom stereocenters. The molecule has 1 aliphatic rings. The monoisotopic (exact) mass is 283 g/mol. The van der Waals surface area contributed by atoms with Crippen molar-refractivity contribution in [3.63, 3.8) is 0 Å². The van der Waals surface area contributed by atoms with Gasteiger partial charge in [-0.15, -0.1) is 11.3 Å². The largest absolute Gasteiger partial charge is 0.362 e. The summed E-state index contributed by atoms with van der Waals surface area (Å²) in [6.45, 7) is 4.88. The molecule has 2 amide bonds. The number of ether oxygens (including phenoxy) is 1. The molecule has 1 N–H and O–H groups in total. The van der Waals surface area contributed by atoms with Gasteiger partial charge in [0.1, 0.15) is 13.2 Å². The molecule has 0 aromatic carbocycles. The number of hydrogen-bond acceptors (Lipinski definition) is 6. The van der Waals surface area contributed by atoms with Crippen LogP contribution in [-0.4, -0.2) is 36.6 Å². The van der Waals surface area contributed by atoms with Gasteiger partial charge in [0.25, 0.3) is 11.8 Å². The van der Waals surface area contributed by atoms with E-state index in [0.29, 0.717) is 5.13 Å². The molecule has 2 rings (SSSR count). The van der Waals surface area contributed by atoms with Gasteiger partial charge in [0, 0.05) is 11.4 Å². The summed E-state index contributed by atoms with van der Waals surface area (Å²) in [5.41, 5.74) is 0.848. The van der Waals surface area contributed by atoms with Crippen molar-refractivity contribution >= 4 is 28.3 Å². The van der Waals surface area contributed by atoms with E-state index in [2.05, 4.69) is 17.2 Å². The standard InChI is InChI=1S/C12H17N3O3S/c1-3-4-13-8(2)9-7-19-12(14-9)15-10(16)5-18-6-11(15)17/h7-8,13H,3-6H2,1-2H3. The molecule has 0 spiro atoms. The van der Waals surface area contributed by atoms with Crippen molar-refractivity contribution in [1.82, 2.24) is 10.3 Å². The van der Waals surface area contributed by atoms with Gasteiger partial charge in [-0.2, -0.15) is 0 Å². The summed E-state index contributed by atoms with van der Waals surface area (Å²) in [4.78, 5) is 28.9. The first-order valence-corrected chi connectivity index (χ1v) is 7.13. The van der Waals surface area contributed by atoms with Gasteiger partial charge >= 0.3 is 0 Å². The number of rotatable bonds is 5. The predicted octanol–water partition coefficient (Wildman–Crippen LogP) is 1.09. The molecule has 0 aliphatic carbocycles. The number of carbonyl (C=O) groups is 2. The maximum atomic E-state index is 11.7. The molecule has 1 atom stereocenters. The van der Waals surface area contributed by atoms with Crippen LogP contribution >= 0.6 is 11.3 Å². The molecule has 6 nitrogen and oxygen atoms in total. The Morgan fingerprint density at radius 2 is 2.16 bits per heavy atom. The van der Waals surface area contributed by atoms with E-state index < -0.39 is 0 Å². The second-order valence-corrected chi connectivity index (χ2v) is 5.18. The minimum absolute atomic E-state index is 0.0652. The quantitative estimate of drug-likeness (QED) is 0.819. The smallest absolute Gasteiger partial charge is 0.261 e. The number of amides is 2. The lowest BCUT2D eigenvalue weighted by Crippen LogP contribution is -2.46. The molecule has 104 valence electrons. The van der Waals surface area contributed by atoms with Crippen LogP contribution in [0.25, 0.3) is 0 Å². The molecule has 1 aromatic rings. The Morgan fingerprint density at radius 1 is 1.47 bits per heavy atom. The maximum Gasteiger partial charge on any atom is 0.261 e. The van der Waals surface area contributed by atoms with Crippen LogP contribution in [0.5, 0.6) is 0 Å². The van der Waals surface area contributed by atoms with Crippen molar-refractivity contribution in [2.24, 2.45) is 0 Å². The molecule has 1 saturated heterocycles. The highest BCUT2D eigenvalue weighted by molar-refractivity contribution is 7.14. The van der Waals surface area contributed by atoms with Gasteiger partial charge in [-0.3, -0.25) is 9.59 Å². The van der Waals surface area contributed by atoms with Crippen LogP contribution in [0.2, 0.25) is 0 Å². The van der Waals surface area contributed by atoms with Crippen LogP contribution < -0.4 is 10.2 Å². The number of aromatic nitrogens is 1. The van der Waals surface area contributed by atoms with Crippen LogP contribution in [0, 0.1) is 0 Å². The Labute approximate surface area is 115 Å². The van der Waals surface area contributed by atoms with E-state index in [1.807, 2.05) is 12.3 Å². The molecular weight excluding hydrogens is 266 g/mol. The lowest BCUT2D eigenvalue weighted by Gasteiger charge is -2.22. The summed E-state index contributed by atoms with van der Waals surface area (Å²) in [6.07, 6.45) is 1.04. The van der Waals surface area contributed by atoms with E-state index in [-0.39, 0.29) is 31.1 Å². The number of morpholine rings is 1. The van der Waals surface area contributed by atoms with Gasteiger partial charge in [0.2, 0.25) is 0 Å². The van der Waals surface area contributed by atoms with Crippen LogP contribution in [0.4, 0.5) is 5.13 Å². The first-order valence-electron chi connectivity index (χ1n) is 6.25. The van der Waals surface area contributed by atoms with Gasteiger partial charge in [0.05, 0.1) is 5.69 Å². The summed E-state index contributed by atoms with van der Waals surface area (Å²) >= 11 is 1.30. The number of thiazole rings is 1. The molecule has 1 aliphatic heterocycles. The summed E-state index contributed by atoms with van der Waals surface area (Å²) in [7, 11) is 0. The Bertz CT molecular complexity index is 459. The van der Waals surface area contributed by atoms with Crippen LogP contribution in [-0.2, 0) is 14.3 Å². The fraction of sp³-hybridized carbons (Fsp3) is 0.583. The molecule has 1 aromatic heterocycles. The third-order valence-corrected chi connectivity index (χ3v) is 3.64. The first-order chi connectivity index (χ1) is 9.13. The molecular formula is C12H17N3O3S. The zero-order valence-corrected chi connectivity index (χ0v) is 11.8. The third-order valence-electron chi connectivity index (χ3n) is 2.80. The molecule has 19 heavy (non-hydrogen) atoms. The van der Waals surface area contributed by atoms with Crippen molar-refractivity contribution in [3.8, 4) is 0 Å². The van der Waals surface area contributed by atoms with E-state index >= 15 is 0 Å². The highest BCUT2D eigenvalue weighted by Crippen LogP contribution is 2.25. The van der Waals surface area contributed by atoms with Gasteiger partial charge in [-0.05, 0) is 19.9 Å². The molecule has 0 bridgehead atoms. The number of anilines is 1. The Morgan fingerprint density at radius 3 is 2.79 bits per heavy atom. The highest BCUT2D eigenvalue weighted by atomic mass is 32.1. The normalized spacial score (nSPS) is 17.9. The van der Waals surface area contributed by atoms with Crippen molar-refractivity contribution in [2.75, 3.05) is 24.7 Å². The lowest BCUT2D eigenvalue weighted by atomic mass is 10.2. The van der Waals surface area contributed by atoms with Crippen molar-refractivity contribution in [1.29, 1.82) is 0 Å². The molecule has 0 saturated carbocycles. The average Bonchev–Trinajstić information content (AvgIpc) is 2.85. The van der Waals surface area contributed by atoms with E-state index in [1.54, 1.807) is 0 Å². The second-order valence-electron chi connectivity index (χ2n) is 4.35. The number of nitrogens with zero attached hydrogens (tertiary/aromatic N) is 2. The predicted molar refractivity (Wildman–Crippen MR) is 72.1 cm³/mol. The molecule has 2 heterocycles. The minimum Gasteiger partial charge on any atom is -0.362 e.